The topological polar surface area (TPSA) is 78.9 Å². The Kier molecular flexibility index (Phi) is 5.33. The van der Waals surface area contributed by atoms with Crippen molar-refractivity contribution in [2.75, 3.05) is 32.9 Å². The van der Waals surface area contributed by atoms with E-state index in [1.807, 2.05) is 13.8 Å². The second kappa shape index (κ2) is 6.10. The fourth-order valence-electron chi connectivity index (χ4n) is 1.78. The third kappa shape index (κ3) is 3.62. The highest BCUT2D eigenvalue weighted by atomic mass is 32.2. The average molecular weight is 266 g/mol. The molecule has 1 saturated heterocycles. The Morgan fingerprint density at radius 3 is 2.24 bits per heavy atom. The predicted molar refractivity (Wildman–Crippen MR) is 64.8 cm³/mol. The molecule has 2 N–H and O–H groups in total. The molecule has 0 bridgehead atoms. The Hall–Kier alpha value is -0.210. The van der Waals surface area contributed by atoms with Gasteiger partial charge < -0.3 is 9.84 Å². The highest BCUT2D eigenvalue weighted by molar-refractivity contribution is 7.87. The van der Waals surface area contributed by atoms with E-state index in [4.69, 9.17) is 4.74 Å². The second-order valence-corrected chi connectivity index (χ2v) is 5.93. The molecule has 0 aromatic carbocycles. The van der Waals surface area contributed by atoms with Crippen molar-refractivity contribution in [3.8, 4) is 0 Å². The van der Waals surface area contributed by atoms with E-state index in [1.54, 1.807) is 0 Å². The zero-order valence-corrected chi connectivity index (χ0v) is 11.3. The summed E-state index contributed by atoms with van der Waals surface area (Å²) in [5.74, 6) is 0. The first-order valence-electron chi connectivity index (χ1n) is 5.97. The molecular weight excluding hydrogens is 244 g/mol. The quantitative estimate of drug-likeness (QED) is 0.692. The molecule has 0 spiro atoms. The molecule has 1 aliphatic heterocycles. The number of aliphatic hydroxyl groups is 1. The van der Waals surface area contributed by atoms with E-state index in [0.29, 0.717) is 39.1 Å². The van der Waals surface area contributed by atoms with Crippen LogP contribution in [-0.4, -0.2) is 56.3 Å². The third-order valence-corrected chi connectivity index (χ3v) is 5.05. The molecule has 0 aliphatic carbocycles. The lowest BCUT2D eigenvalue weighted by atomic mass is 9.96. The monoisotopic (exact) mass is 266 g/mol. The summed E-state index contributed by atoms with van der Waals surface area (Å²) >= 11 is 0. The van der Waals surface area contributed by atoms with Gasteiger partial charge in [0, 0.05) is 13.1 Å². The summed E-state index contributed by atoms with van der Waals surface area (Å²) < 4.78 is 33.4. The van der Waals surface area contributed by atoms with Crippen LogP contribution in [0.15, 0.2) is 0 Å². The van der Waals surface area contributed by atoms with Gasteiger partial charge in [-0.15, -0.1) is 0 Å². The summed E-state index contributed by atoms with van der Waals surface area (Å²) in [5, 5.41) is 9.37. The van der Waals surface area contributed by atoms with Gasteiger partial charge in [0.2, 0.25) is 0 Å². The molecule has 17 heavy (non-hydrogen) atoms. The number of aliphatic hydroxyl groups excluding tert-OH is 1. The minimum atomic E-state index is -3.53. The molecule has 0 saturated carbocycles. The number of hydrogen-bond acceptors (Lipinski definition) is 4. The van der Waals surface area contributed by atoms with Crippen molar-refractivity contribution >= 4 is 10.2 Å². The van der Waals surface area contributed by atoms with Gasteiger partial charge in [-0.2, -0.15) is 17.4 Å². The molecule has 0 radical (unpaired) electrons. The molecule has 0 atom stereocenters. The summed E-state index contributed by atoms with van der Waals surface area (Å²) in [5.41, 5.74) is -0.753. The lowest BCUT2D eigenvalue weighted by molar-refractivity contribution is 0.0710. The van der Waals surface area contributed by atoms with E-state index in [1.165, 1.54) is 4.31 Å². The second-order valence-electron chi connectivity index (χ2n) is 4.26. The fraction of sp³-hybridized carbons (Fsp3) is 1.00. The Morgan fingerprint density at radius 2 is 1.82 bits per heavy atom. The number of morpholine rings is 1. The minimum absolute atomic E-state index is 0.191. The van der Waals surface area contributed by atoms with Crippen LogP contribution in [0, 0.1) is 0 Å². The van der Waals surface area contributed by atoms with Crippen LogP contribution < -0.4 is 4.72 Å². The minimum Gasteiger partial charge on any atom is -0.394 e. The zero-order valence-electron chi connectivity index (χ0n) is 10.5. The van der Waals surface area contributed by atoms with Gasteiger partial charge in [0.05, 0.1) is 25.4 Å². The van der Waals surface area contributed by atoms with Crippen molar-refractivity contribution in [3.63, 3.8) is 0 Å². The van der Waals surface area contributed by atoms with Crippen molar-refractivity contribution in [2.45, 2.75) is 32.2 Å². The SMILES string of the molecule is CCC(CC)(CO)NS(=O)(=O)N1CCOCC1. The number of hydrogen-bond donors (Lipinski definition) is 2. The van der Waals surface area contributed by atoms with Crippen LogP contribution in [-0.2, 0) is 14.9 Å². The van der Waals surface area contributed by atoms with Crippen molar-refractivity contribution in [3.05, 3.63) is 0 Å². The summed E-state index contributed by atoms with van der Waals surface area (Å²) in [7, 11) is -3.53. The van der Waals surface area contributed by atoms with E-state index in [2.05, 4.69) is 4.72 Å². The number of nitrogens with one attached hydrogen (secondary N) is 1. The maximum absolute atomic E-state index is 12.1. The van der Waals surface area contributed by atoms with Crippen LogP contribution in [0.5, 0.6) is 0 Å². The molecule has 7 heteroatoms. The molecule has 102 valence electrons. The first-order valence-corrected chi connectivity index (χ1v) is 7.41. The van der Waals surface area contributed by atoms with E-state index < -0.39 is 15.7 Å². The van der Waals surface area contributed by atoms with Crippen molar-refractivity contribution in [1.82, 2.24) is 9.03 Å². The van der Waals surface area contributed by atoms with Gasteiger partial charge in [0.15, 0.2) is 0 Å². The smallest absolute Gasteiger partial charge is 0.280 e. The normalized spacial score (nSPS) is 19.5. The Morgan fingerprint density at radius 1 is 1.29 bits per heavy atom. The summed E-state index contributed by atoms with van der Waals surface area (Å²) in [6, 6.07) is 0. The van der Waals surface area contributed by atoms with Gasteiger partial charge in [-0.1, -0.05) is 13.8 Å². The van der Waals surface area contributed by atoms with Crippen LogP contribution in [0.25, 0.3) is 0 Å². The highest BCUT2D eigenvalue weighted by Gasteiger charge is 2.34. The van der Waals surface area contributed by atoms with Crippen LogP contribution in [0.3, 0.4) is 0 Å². The lowest BCUT2D eigenvalue weighted by Gasteiger charge is -2.34. The number of rotatable bonds is 6. The molecule has 0 aromatic rings. The zero-order chi connectivity index (χ0) is 12.9. The molecule has 0 unspecified atom stereocenters. The van der Waals surface area contributed by atoms with E-state index in [-0.39, 0.29) is 6.61 Å². The predicted octanol–water partition coefficient (Wildman–Crippen LogP) is -0.296. The summed E-state index contributed by atoms with van der Waals surface area (Å²) in [4.78, 5) is 0. The molecule has 1 aliphatic rings. The van der Waals surface area contributed by atoms with E-state index in [0.717, 1.165) is 0 Å². The van der Waals surface area contributed by atoms with Gasteiger partial charge in [-0.25, -0.2) is 0 Å². The van der Waals surface area contributed by atoms with Gasteiger partial charge in [0.25, 0.3) is 10.2 Å². The fourth-order valence-corrected chi connectivity index (χ4v) is 3.43. The molecule has 0 amide bonds. The van der Waals surface area contributed by atoms with Gasteiger partial charge in [0.1, 0.15) is 0 Å². The first kappa shape index (κ1) is 14.8. The van der Waals surface area contributed by atoms with E-state index in [9.17, 15) is 13.5 Å². The first-order chi connectivity index (χ1) is 7.99. The van der Waals surface area contributed by atoms with Gasteiger partial charge in [-0.05, 0) is 12.8 Å². The molecule has 0 aromatic heterocycles. The van der Waals surface area contributed by atoms with Gasteiger partial charge >= 0.3 is 0 Å². The molecule has 1 heterocycles. The van der Waals surface area contributed by atoms with Crippen molar-refractivity contribution in [1.29, 1.82) is 0 Å². The van der Waals surface area contributed by atoms with Crippen LogP contribution in [0.1, 0.15) is 26.7 Å². The number of nitrogens with zero attached hydrogens (tertiary/aromatic N) is 1. The maximum atomic E-state index is 12.1. The number of ether oxygens (including phenoxy) is 1. The van der Waals surface area contributed by atoms with E-state index >= 15 is 0 Å². The molecule has 6 nitrogen and oxygen atoms in total. The average Bonchev–Trinajstić information content (AvgIpc) is 2.37. The van der Waals surface area contributed by atoms with Crippen molar-refractivity contribution in [2.24, 2.45) is 0 Å². The third-order valence-electron chi connectivity index (χ3n) is 3.31. The highest BCUT2D eigenvalue weighted by Crippen LogP contribution is 2.17. The largest absolute Gasteiger partial charge is 0.394 e. The molecular formula is C10H22N2O4S. The van der Waals surface area contributed by atoms with Crippen LogP contribution >= 0.6 is 0 Å². The lowest BCUT2D eigenvalue weighted by Crippen LogP contribution is -2.56. The Balaban J connectivity index is 2.76. The van der Waals surface area contributed by atoms with Crippen molar-refractivity contribution < 1.29 is 18.3 Å². The van der Waals surface area contributed by atoms with Crippen LogP contribution in [0.2, 0.25) is 0 Å². The summed E-state index contributed by atoms with van der Waals surface area (Å²) in [6.45, 7) is 5.11. The molecule has 1 rings (SSSR count). The van der Waals surface area contributed by atoms with Gasteiger partial charge in [-0.3, -0.25) is 0 Å². The summed E-state index contributed by atoms with van der Waals surface area (Å²) in [6.07, 6.45) is 1.12. The van der Waals surface area contributed by atoms with Crippen LogP contribution in [0.4, 0.5) is 0 Å². The standard InChI is InChI=1S/C10H22N2O4S/c1-3-10(4-2,9-13)11-17(14,15)12-5-7-16-8-6-12/h11,13H,3-9H2,1-2H3. The Bertz CT molecular complexity index is 313. The molecule has 1 fully saturated rings. The Labute approximate surface area is 103 Å². The maximum Gasteiger partial charge on any atom is 0.280 e.